The van der Waals surface area contributed by atoms with Crippen molar-refractivity contribution in [2.75, 3.05) is 6.61 Å². The minimum absolute atomic E-state index is 0.132. The molecular formula is C17H13FN2O2. The molecule has 0 N–H and O–H groups in total. The summed E-state index contributed by atoms with van der Waals surface area (Å²) in [7, 11) is 0. The van der Waals surface area contributed by atoms with E-state index in [0.717, 1.165) is 0 Å². The number of hydrogen-bond donors (Lipinski definition) is 0. The Hall–Kier alpha value is -2.82. The number of benzene rings is 2. The van der Waals surface area contributed by atoms with Gasteiger partial charge in [-0.05, 0) is 43.3 Å². The van der Waals surface area contributed by atoms with Crippen LogP contribution in [-0.4, -0.2) is 22.5 Å². The van der Waals surface area contributed by atoms with Crippen molar-refractivity contribution >= 4 is 17.0 Å². The number of fused-ring (bicyclic) bond motifs is 1. The molecule has 110 valence electrons. The van der Waals surface area contributed by atoms with Crippen LogP contribution in [0.25, 0.3) is 22.3 Å². The molecule has 1 aromatic heterocycles. The third-order valence-electron chi connectivity index (χ3n) is 3.16. The standard InChI is InChI=1S/C17H13FN2O2/c1-2-22-17(21)16-15(11-7-9-12(18)10-8-11)19-13-5-3-4-6-14(13)20-16/h3-10H,2H2,1H3. The molecule has 0 atom stereocenters. The Balaban J connectivity index is 2.22. The number of carbonyl (C=O) groups excluding carboxylic acids is 1. The van der Waals surface area contributed by atoms with Crippen molar-refractivity contribution in [1.82, 2.24) is 9.97 Å². The minimum atomic E-state index is -0.542. The molecule has 0 bridgehead atoms. The number of rotatable bonds is 3. The molecule has 0 unspecified atom stereocenters. The van der Waals surface area contributed by atoms with Gasteiger partial charge in [0.1, 0.15) is 11.5 Å². The van der Waals surface area contributed by atoms with E-state index in [-0.39, 0.29) is 18.1 Å². The number of para-hydroxylation sites is 2. The topological polar surface area (TPSA) is 52.1 Å². The van der Waals surface area contributed by atoms with Gasteiger partial charge in [0.25, 0.3) is 0 Å². The van der Waals surface area contributed by atoms with Gasteiger partial charge < -0.3 is 4.74 Å². The lowest BCUT2D eigenvalue weighted by molar-refractivity contribution is 0.0520. The van der Waals surface area contributed by atoms with Gasteiger partial charge in [-0.2, -0.15) is 0 Å². The largest absolute Gasteiger partial charge is 0.461 e. The number of nitrogens with zero attached hydrogens (tertiary/aromatic N) is 2. The zero-order valence-corrected chi connectivity index (χ0v) is 11.9. The first-order chi connectivity index (χ1) is 10.7. The average molecular weight is 296 g/mol. The second-order valence-electron chi connectivity index (χ2n) is 4.64. The first-order valence-electron chi connectivity index (χ1n) is 6.89. The van der Waals surface area contributed by atoms with E-state index in [9.17, 15) is 9.18 Å². The quantitative estimate of drug-likeness (QED) is 0.693. The first kappa shape index (κ1) is 14.1. The SMILES string of the molecule is CCOC(=O)c1nc2ccccc2nc1-c1ccc(F)cc1. The van der Waals surface area contributed by atoms with Crippen LogP contribution in [-0.2, 0) is 4.74 Å². The van der Waals surface area contributed by atoms with Crippen LogP contribution in [0.1, 0.15) is 17.4 Å². The summed E-state index contributed by atoms with van der Waals surface area (Å²) in [6, 6.07) is 13.0. The number of aromatic nitrogens is 2. The second kappa shape index (κ2) is 5.89. The fourth-order valence-electron chi connectivity index (χ4n) is 2.15. The summed E-state index contributed by atoms with van der Waals surface area (Å²) >= 11 is 0. The Kier molecular flexibility index (Phi) is 3.78. The van der Waals surface area contributed by atoms with E-state index in [0.29, 0.717) is 22.3 Å². The van der Waals surface area contributed by atoms with Crippen LogP contribution >= 0.6 is 0 Å². The van der Waals surface area contributed by atoms with Crippen molar-refractivity contribution < 1.29 is 13.9 Å². The zero-order chi connectivity index (χ0) is 15.5. The van der Waals surface area contributed by atoms with Crippen molar-refractivity contribution in [2.45, 2.75) is 6.92 Å². The molecule has 0 aliphatic carbocycles. The van der Waals surface area contributed by atoms with Crippen molar-refractivity contribution in [3.05, 3.63) is 60.0 Å². The zero-order valence-electron chi connectivity index (χ0n) is 11.9. The fraction of sp³-hybridized carbons (Fsp3) is 0.118. The van der Waals surface area contributed by atoms with Gasteiger partial charge in [-0.25, -0.2) is 19.2 Å². The van der Waals surface area contributed by atoms with Crippen LogP contribution in [0.5, 0.6) is 0 Å². The predicted molar refractivity (Wildman–Crippen MR) is 80.9 cm³/mol. The third kappa shape index (κ3) is 2.65. The van der Waals surface area contributed by atoms with E-state index in [1.165, 1.54) is 12.1 Å². The van der Waals surface area contributed by atoms with Crippen molar-refractivity contribution in [3.63, 3.8) is 0 Å². The Morgan fingerprint density at radius 1 is 1.05 bits per heavy atom. The molecule has 0 aliphatic rings. The first-order valence-corrected chi connectivity index (χ1v) is 6.89. The Bertz CT molecular complexity index is 832. The van der Waals surface area contributed by atoms with Gasteiger partial charge in [0.15, 0.2) is 5.69 Å². The number of ether oxygens (including phenoxy) is 1. The normalized spacial score (nSPS) is 10.6. The summed E-state index contributed by atoms with van der Waals surface area (Å²) in [4.78, 5) is 21.0. The summed E-state index contributed by atoms with van der Waals surface area (Å²) < 4.78 is 18.2. The molecule has 3 aromatic rings. The Labute approximate surface area is 126 Å². The van der Waals surface area contributed by atoms with Crippen molar-refractivity contribution in [3.8, 4) is 11.3 Å². The highest BCUT2D eigenvalue weighted by Gasteiger charge is 2.18. The number of esters is 1. The summed E-state index contributed by atoms with van der Waals surface area (Å²) in [5.74, 6) is -0.893. The van der Waals surface area contributed by atoms with E-state index >= 15 is 0 Å². The maximum Gasteiger partial charge on any atom is 0.359 e. The van der Waals surface area contributed by atoms with Gasteiger partial charge >= 0.3 is 5.97 Å². The molecule has 1 heterocycles. The van der Waals surface area contributed by atoms with E-state index in [4.69, 9.17) is 4.74 Å². The number of carbonyl (C=O) groups is 1. The van der Waals surface area contributed by atoms with Gasteiger partial charge in [-0.15, -0.1) is 0 Å². The third-order valence-corrected chi connectivity index (χ3v) is 3.16. The average Bonchev–Trinajstić information content (AvgIpc) is 2.54. The van der Waals surface area contributed by atoms with Gasteiger partial charge in [-0.3, -0.25) is 0 Å². The molecule has 0 fully saturated rings. The fourth-order valence-corrected chi connectivity index (χ4v) is 2.15. The molecule has 0 spiro atoms. The van der Waals surface area contributed by atoms with Gasteiger partial charge in [0.05, 0.1) is 17.6 Å². The highest BCUT2D eigenvalue weighted by molar-refractivity contribution is 5.96. The molecule has 0 saturated carbocycles. The van der Waals surface area contributed by atoms with E-state index in [2.05, 4.69) is 9.97 Å². The highest BCUT2D eigenvalue weighted by Crippen LogP contribution is 2.24. The lowest BCUT2D eigenvalue weighted by Gasteiger charge is -2.09. The number of hydrogen-bond acceptors (Lipinski definition) is 4. The van der Waals surface area contributed by atoms with Crippen LogP contribution in [0.15, 0.2) is 48.5 Å². The molecule has 22 heavy (non-hydrogen) atoms. The maximum absolute atomic E-state index is 13.1. The molecule has 0 saturated heterocycles. The molecule has 5 heteroatoms. The smallest absolute Gasteiger partial charge is 0.359 e. The van der Waals surface area contributed by atoms with Crippen LogP contribution in [0.4, 0.5) is 4.39 Å². The summed E-state index contributed by atoms with van der Waals surface area (Å²) in [5.41, 5.74) is 2.40. The van der Waals surface area contributed by atoms with Crippen LogP contribution in [0.2, 0.25) is 0 Å². The minimum Gasteiger partial charge on any atom is -0.461 e. The monoisotopic (exact) mass is 296 g/mol. The van der Waals surface area contributed by atoms with Crippen LogP contribution < -0.4 is 0 Å². The predicted octanol–water partition coefficient (Wildman–Crippen LogP) is 3.61. The lowest BCUT2D eigenvalue weighted by atomic mass is 10.1. The number of halogens is 1. The van der Waals surface area contributed by atoms with E-state index in [1.54, 1.807) is 25.1 Å². The Morgan fingerprint density at radius 2 is 1.68 bits per heavy atom. The molecule has 0 radical (unpaired) electrons. The van der Waals surface area contributed by atoms with Crippen LogP contribution in [0.3, 0.4) is 0 Å². The van der Waals surface area contributed by atoms with Crippen molar-refractivity contribution in [2.24, 2.45) is 0 Å². The molecule has 3 rings (SSSR count). The molecule has 0 aliphatic heterocycles. The highest BCUT2D eigenvalue weighted by atomic mass is 19.1. The summed E-state index contributed by atoms with van der Waals surface area (Å²) in [6.07, 6.45) is 0. The van der Waals surface area contributed by atoms with E-state index < -0.39 is 5.97 Å². The second-order valence-corrected chi connectivity index (χ2v) is 4.64. The van der Waals surface area contributed by atoms with Crippen molar-refractivity contribution in [1.29, 1.82) is 0 Å². The maximum atomic E-state index is 13.1. The lowest BCUT2D eigenvalue weighted by Crippen LogP contribution is -2.10. The van der Waals surface area contributed by atoms with Crippen LogP contribution in [0, 0.1) is 5.82 Å². The summed E-state index contributed by atoms with van der Waals surface area (Å²) in [5, 5.41) is 0. The Morgan fingerprint density at radius 3 is 2.32 bits per heavy atom. The molecular weight excluding hydrogens is 283 g/mol. The van der Waals surface area contributed by atoms with Gasteiger partial charge in [-0.1, -0.05) is 12.1 Å². The molecule has 0 amide bonds. The molecule has 4 nitrogen and oxygen atoms in total. The van der Waals surface area contributed by atoms with Gasteiger partial charge in [0.2, 0.25) is 0 Å². The molecule has 2 aromatic carbocycles. The van der Waals surface area contributed by atoms with E-state index in [1.807, 2.05) is 18.2 Å². The summed E-state index contributed by atoms with van der Waals surface area (Å²) in [6.45, 7) is 1.97. The van der Waals surface area contributed by atoms with Gasteiger partial charge in [0, 0.05) is 5.56 Å².